The van der Waals surface area contributed by atoms with Gasteiger partial charge in [0, 0.05) is 43.8 Å². The molecule has 1 aliphatic carbocycles. The maximum atomic E-state index is 5.84. The van der Waals surface area contributed by atoms with Gasteiger partial charge in [0.15, 0.2) is 5.96 Å². The number of pyridine rings is 1. The Morgan fingerprint density at radius 2 is 2.30 bits per heavy atom. The van der Waals surface area contributed by atoms with Gasteiger partial charge in [0.25, 0.3) is 0 Å². The topological polar surface area (TPSA) is 58.5 Å². The van der Waals surface area contributed by atoms with Crippen LogP contribution in [0.1, 0.15) is 25.8 Å². The highest BCUT2D eigenvalue weighted by atomic mass is 35.5. The lowest BCUT2D eigenvalue weighted by Crippen LogP contribution is -2.68. The van der Waals surface area contributed by atoms with Gasteiger partial charge < -0.3 is 15.4 Å². The normalized spacial score (nSPS) is 28.9. The van der Waals surface area contributed by atoms with E-state index < -0.39 is 0 Å². The Bertz CT molecular complexity index is 572. The molecule has 0 amide bonds. The third kappa shape index (κ3) is 3.31. The van der Waals surface area contributed by atoms with Crippen molar-refractivity contribution in [1.29, 1.82) is 0 Å². The van der Waals surface area contributed by atoms with Crippen molar-refractivity contribution in [1.82, 2.24) is 15.6 Å². The number of aromatic nitrogens is 1. The molecule has 2 aliphatic rings. The Morgan fingerprint density at radius 1 is 1.48 bits per heavy atom. The van der Waals surface area contributed by atoms with Gasteiger partial charge in [-0.2, -0.15) is 0 Å². The molecule has 2 heterocycles. The molecule has 0 radical (unpaired) electrons. The van der Waals surface area contributed by atoms with Crippen LogP contribution in [0.4, 0.5) is 0 Å². The Hall–Kier alpha value is -1.33. The lowest BCUT2D eigenvalue weighted by Gasteiger charge is -2.54. The predicted octanol–water partition coefficient (Wildman–Crippen LogP) is 2.26. The van der Waals surface area contributed by atoms with Gasteiger partial charge in [-0.25, -0.2) is 4.98 Å². The maximum Gasteiger partial charge on any atom is 0.191 e. The summed E-state index contributed by atoms with van der Waals surface area (Å²) in [6.45, 7) is 6.22. The predicted molar refractivity (Wildman–Crippen MR) is 92.9 cm³/mol. The number of fused-ring (bicyclic) bond motifs is 1. The van der Waals surface area contributed by atoms with Gasteiger partial charge in [0.05, 0.1) is 6.10 Å². The van der Waals surface area contributed by atoms with Crippen molar-refractivity contribution in [3.8, 4) is 0 Å². The summed E-state index contributed by atoms with van der Waals surface area (Å²) < 4.78 is 5.84. The van der Waals surface area contributed by atoms with Crippen LogP contribution in [0.2, 0.25) is 5.15 Å². The lowest BCUT2D eigenvalue weighted by molar-refractivity contribution is -0.106. The number of aliphatic imine (C=N–C) groups is 1. The lowest BCUT2D eigenvalue weighted by atomic mass is 9.57. The minimum absolute atomic E-state index is 0.152. The van der Waals surface area contributed by atoms with Crippen LogP contribution in [0.5, 0.6) is 0 Å². The third-order valence-electron chi connectivity index (χ3n) is 5.11. The van der Waals surface area contributed by atoms with E-state index >= 15 is 0 Å². The van der Waals surface area contributed by atoms with E-state index in [1.807, 2.05) is 25.4 Å². The molecule has 6 heteroatoms. The summed E-state index contributed by atoms with van der Waals surface area (Å²) in [7, 11) is 1.81. The van der Waals surface area contributed by atoms with Gasteiger partial charge in [-0.1, -0.05) is 31.5 Å². The number of nitrogens with zero attached hydrogens (tertiary/aromatic N) is 2. The van der Waals surface area contributed by atoms with E-state index in [1.54, 1.807) is 0 Å². The molecule has 2 fully saturated rings. The van der Waals surface area contributed by atoms with Crippen molar-refractivity contribution < 1.29 is 4.74 Å². The second-order valence-electron chi connectivity index (χ2n) is 6.93. The first kappa shape index (κ1) is 16.5. The van der Waals surface area contributed by atoms with Crippen molar-refractivity contribution in [3.63, 3.8) is 0 Å². The standard InChI is InChI=1S/C17H25ClN4O/c1-17(2)14(12-7-9-23-15(12)17)22-16(19-3)20-8-6-11-4-5-13(18)21-10-11/h4-5,10,12,14-15H,6-9H2,1-3H3,(H2,19,20,22). The van der Waals surface area contributed by atoms with Gasteiger partial charge in [-0.15, -0.1) is 0 Å². The van der Waals surface area contributed by atoms with Crippen LogP contribution in [-0.2, 0) is 11.2 Å². The Morgan fingerprint density at radius 3 is 3.00 bits per heavy atom. The summed E-state index contributed by atoms with van der Waals surface area (Å²) in [6, 6.07) is 4.24. The highest BCUT2D eigenvalue weighted by Crippen LogP contribution is 2.52. The Balaban J connectivity index is 1.50. The van der Waals surface area contributed by atoms with Crippen LogP contribution in [0, 0.1) is 11.3 Å². The highest BCUT2D eigenvalue weighted by Gasteiger charge is 2.59. The zero-order chi connectivity index (χ0) is 16.4. The number of hydrogen-bond acceptors (Lipinski definition) is 3. The molecule has 126 valence electrons. The fourth-order valence-electron chi connectivity index (χ4n) is 3.84. The van der Waals surface area contributed by atoms with Crippen LogP contribution < -0.4 is 10.6 Å². The molecule has 3 rings (SSSR count). The monoisotopic (exact) mass is 336 g/mol. The van der Waals surface area contributed by atoms with E-state index in [9.17, 15) is 0 Å². The van der Waals surface area contributed by atoms with E-state index in [-0.39, 0.29) is 5.41 Å². The molecular formula is C17H25ClN4O. The minimum Gasteiger partial charge on any atom is -0.377 e. The molecule has 0 spiro atoms. The second kappa shape index (κ2) is 6.65. The van der Waals surface area contributed by atoms with Crippen molar-refractivity contribution in [2.45, 2.75) is 38.8 Å². The smallest absolute Gasteiger partial charge is 0.191 e. The molecule has 2 N–H and O–H groups in total. The number of guanidine groups is 1. The first-order valence-corrected chi connectivity index (χ1v) is 8.59. The van der Waals surface area contributed by atoms with E-state index in [0.717, 1.165) is 37.5 Å². The van der Waals surface area contributed by atoms with Crippen LogP contribution in [-0.4, -0.2) is 43.3 Å². The van der Waals surface area contributed by atoms with Crippen LogP contribution in [0.15, 0.2) is 23.3 Å². The van der Waals surface area contributed by atoms with Gasteiger partial charge in [-0.3, -0.25) is 4.99 Å². The number of rotatable bonds is 4. The number of hydrogen-bond donors (Lipinski definition) is 2. The molecule has 0 aromatic carbocycles. The molecule has 0 bridgehead atoms. The van der Waals surface area contributed by atoms with E-state index in [4.69, 9.17) is 16.3 Å². The molecule has 1 aromatic heterocycles. The summed E-state index contributed by atoms with van der Waals surface area (Å²) in [5, 5.41) is 7.50. The molecule has 3 atom stereocenters. The quantitative estimate of drug-likeness (QED) is 0.503. The summed E-state index contributed by atoms with van der Waals surface area (Å²) in [5.41, 5.74) is 1.31. The average molecular weight is 337 g/mol. The molecule has 5 nitrogen and oxygen atoms in total. The molecular weight excluding hydrogens is 312 g/mol. The molecule has 1 saturated heterocycles. The Labute approximate surface area is 142 Å². The van der Waals surface area contributed by atoms with Gasteiger partial charge >= 0.3 is 0 Å². The summed E-state index contributed by atoms with van der Waals surface area (Å²) in [4.78, 5) is 8.45. The van der Waals surface area contributed by atoms with Crippen molar-refractivity contribution in [2.24, 2.45) is 16.3 Å². The van der Waals surface area contributed by atoms with Crippen molar-refractivity contribution >= 4 is 17.6 Å². The SMILES string of the molecule is CN=C(NCCc1ccc(Cl)nc1)NC1C2CCOC2C1(C)C. The van der Waals surface area contributed by atoms with E-state index in [0.29, 0.717) is 23.2 Å². The van der Waals surface area contributed by atoms with E-state index in [2.05, 4.69) is 34.5 Å². The van der Waals surface area contributed by atoms with Crippen LogP contribution in [0.3, 0.4) is 0 Å². The van der Waals surface area contributed by atoms with Crippen LogP contribution in [0.25, 0.3) is 0 Å². The molecule has 1 saturated carbocycles. The third-order valence-corrected chi connectivity index (χ3v) is 5.33. The summed E-state index contributed by atoms with van der Waals surface area (Å²) >= 11 is 5.80. The fraction of sp³-hybridized carbons (Fsp3) is 0.647. The van der Waals surface area contributed by atoms with Crippen LogP contribution >= 0.6 is 11.6 Å². The molecule has 1 aliphatic heterocycles. The van der Waals surface area contributed by atoms with Gasteiger partial charge in [-0.05, 0) is 24.5 Å². The van der Waals surface area contributed by atoms with Crippen molar-refractivity contribution in [3.05, 3.63) is 29.0 Å². The second-order valence-corrected chi connectivity index (χ2v) is 7.31. The largest absolute Gasteiger partial charge is 0.377 e. The minimum atomic E-state index is 0.152. The maximum absolute atomic E-state index is 5.84. The summed E-state index contributed by atoms with van der Waals surface area (Å²) in [6.07, 6.45) is 4.22. The van der Waals surface area contributed by atoms with E-state index in [1.165, 1.54) is 0 Å². The van der Waals surface area contributed by atoms with Crippen molar-refractivity contribution in [2.75, 3.05) is 20.2 Å². The number of halogens is 1. The van der Waals surface area contributed by atoms with Gasteiger partial charge in [0.1, 0.15) is 5.15 Å². The molecule has 23 heavy (non-hydrogen) atoms. The zero-order valence-corrected chi connectivity index (χ0v) is 14.7. The number of ether oxygens (including phenoxy) is 1. The molecule has 3 unspecified atom stereocenters. The first-order valence-electron chi connectivity index (χ1n) is 8.21. The fourth-order valence-corrected chi connectivity index (χ4v) is 3.95. The Kier molecular flexibility index (Phi) is 4.78. The molecule has 1 aromatic rings. The highest BCUT2D eigenvalue weighted by molar-refractivity contribution is 6.29. The average Bonchev–Trinajstić information content (AvgIpc) is 2.99. The summed E-state index contributed by atoms with van der Waals surface area (Å²) in [5.74, 6) is 1.46. The number of nitrogens with one attached hydrogen (secondary N) is 2. The van der Waals surface area contributed by atoms with Gasteiger partial charge in [0.2, 0.25) is 0 Å². The zero-order valence-electron chi connectivity index (χ0n) is 14.0. The first-order chi connectivity index (χ1) is 11.0.